The fourth-order valence-corrected chi connectivity index (χ4v) is 4.71. The van der Waals surface area contributed by atoms with E-state index in [9.17, 15) is 0 Å². The van der Waals surface area contributed by atoms with Crippen LogP contribution in [0.4, 0.5) is 11.4 Å². The van der Waals surface area contributed by atoms with Gasteiger partial charge in [0.1, 0.15) is 5.71 Å². The van der Waals surface area contributed by atoms with Crippen LogP contribution in [0.5, 0.6) is 0 Å². The number of halogens is 1. The molecule has 0 spiro atoms. The van der Waals surface area contributed by atoms with Gasteiger partial charge in [-0.1, -0.05) is 103 Å². The number of hydrogen-bond acceptors (Lipinski definition) is 6. The van der Waals surface area contributed by atoms with Gasteiger partial charge in [-0.3, -0.25) is 16.3 Å². The summed E-state index contributed by atoms with van der Waals surface area (Å²) in [6.07, 6.45) is -0.684. The van der Waals surface area contributed by atoms with E-state index in [4.69, 9.17) is 26.8 Å². The van der Waals surface area contributed by atoms with Crippen molar-refractivity contribution in [3.63, 3.8) is 0 Å². The monoisotopic (exact) mass is 503 g/mol. The molecule has 1 aliphatic rings. The van der Waals surface area contributed by atoms with Crippen molar-refractivity contribution in [1.29, 1.82) is 5.41 Å². The van der Waals surface area contributed by atoms with Crippen molar-refractivity contribution in [2.45, 2.75) is 6.10 Å². The van der Waals surface area contributed by atoms with Crippen molar-refractivity contribution < 1.29 is 4.74 Å². The normalized spacial score (nSPS) is 17.4. The summed E-state index contributed by atoms with van der Waals surface area (Å²) >= 11 is 6.52. The average Bonchev–Trinajstić information content (AvgIpc) is 3.25. The largest absolute Gasteiger partial charge is 0.461 e. The molecule has 0 bridgehead atoms. The molecule has 1 saturated heterocycles. The van der Waals surface area contributed by atoms with Crippen LogP contribution in [0.15, 0.2) is 119 Å². The predicted octanol–water partition coefficient (Wildman–Crippen LogP) is 7.63. The summed E-state index contributed by atoms with van der Waals surface area (Å²) < 4.78 is 5.96. The smallest absolute Gasteiger partial charge is 0.237 e. The zero-order chi connectivity index (χ0) is 25.2. The maximum absolute atomic E-state index is 8.58. The van der Waals surface area contributed by atoms with Crippen molar-refractivity contribution in [2.75, 3.05) is 10.9 Å². The number of rotatable bonds is 5. The lowest BCUT2D eigenvalue weighted by atomic mass is 10.0. The Morgan fingerprint density at radius 3 is 1.84 bits per heavy atom. The molecule has 6 rings (SSSR count). The Kier molecular flexibility index (Phi) is 6.00. The maximum Gasteiger partial charge on any atom is 0.237 e. The molecular formula is C30H22ClN5O. The minimum Gasteiger partial charge on any atom is -0.461 e. The van der Waals surface area contributed by atoms with Gasteiger partial charge in [0.2, 0.25) is 5.90 Å². The highest BCUT2D eigenvalue weighted by Crippen LogP contribution is 2.33. The molecule has 1 fully saturated rings. The maximum atomic E-state index is 8.58. The zero-order valence-electron chi connectivity index (χ0n) is 19.7. The van der Waals surface area contributed by atoms with Gasteiger partial charge in [-0.05, 0) is 29.0 Å². The summed E-state index contributed by atoms with van der Waals surface area (Å²) in [5.74, 6) is -0.0869. The molecule has 0 aromatic heterocycles. The summed E-state index contributed by atoms with van der Waals surface area (Å²) in [7, 11) is 0. The van der Waals surface area contributed by atoms with Crippen LogP contribution < -0.4 is 10.9 Å². The van der Waals surface area contributed by atoms with Gasteiger partial charge in [-0.15, -0.1) is 0 Å². The molecule has 0 saturated carbocycles. The molecule has 1 aliphatic heterocycles. The van der Waals surface area contributed by atoms with Crippen LogP contribution >= 0.6 is 11.6 Å². The molecule has 0 amide bonds. The van der Waals surface area contributed by atoms with Gasteiger partial charge < -0.3 is 4.74 Å². The lowest BCUT2D eigenvalue weighted by Crippen LogP contribution is -2.20. The molecule has 3 N–H and O–H groups in total. The van der Waals surface area contributed by atoms with E-state index in [0.29, 0.717) is 22.0 Å². The second-order valence-corrected chi connectivity index (χ2v) is 8.99. The SMILES string of the molecule is N=C1OC(c2ccccc2Cl)C(=NNc2cccc3ccccc23)C1=NNc1cccc2ccccc12. The topological polar surface area (TPSA) is 81.9 Å². The van der Waals surface area contributed by atoms with Gasteiger partial charge in [0, 0.05) is 21.4 Å². The summed E-state index contributed by atoms with van der Waals surface area (Å²) in [6, 6.07) is 35.5. The van der Waals surface area contributed by atoms with Gasteiger partial charge in [0.05, 0.1) is 11.4 Å². The first-order valence-corrected chi connectivity index (χ1v) is 12.2. The van der Waals surface area contributed by atoms with E-state index in [2.05, 4.69) is 28.1 Å². The van der Waals surface area contributed by atoms with Crippen molar-refractivity contribution >= 4 is 61.8 Å². The number of fused-ring (bicyclic) bond motifs is 2. The number of nitrogens with one attached hydrogen (secondary N) is 3. The number of hydrogen-bond donors (Lipinski definition) is 3. The summed E-state index contributed by atoms with van der Waals surface area (Å²) in [4.78, 5) is 0. The van der Waals surface area contributed by atoms with Crippen molar-refractivity contribution in [1.82, 2.24) is 0 Å². The first kappa shape index (κ1) is 22.8. The van der Waals surface area contributed by atoms with Crippen molar-refractivity contribution in [2.24, 2.45) is 10.2 Å². The molecular weight excluding hydrogens is 482 g/mol. The second-order valence-electron chi connectivity index (χ2n) is 8.58. The first-order chi connectivity index (χ1) is 18.2. The molecule has 7 heteroatoms. The number of hydrazone groups is 2. The minimum atomic E-state index is -0.684. The molecule has 6 nitrogen and oxygen atoms in total. The van der Waals surface area contributed by atoms with E-state index in [1.807, 2.05) is 91.0 Å². The molecule has 37 heavy (non-hydrogen) atoms. The second kappa shape index (κ2) is 9.76. The van der Waals surface area contributed by atoms with Gasteiger partial charge in [-0.25, -0.2) is 0 Å². The Balaban J connectivity index is 1.42. The number of benzene rings is 5. The molecule has 1 atom stereocenters. The first-order valence-electron chi connectivity index (χ1n) is 11.8. The van der Waals surface area contributed by atoms with Crippen molar-refractivity contribution in [3.05, 3.63) is 120 Å². The summed E-state index contributed by atoms with van der Waals surface area (Å²) in [6.45, 7) is 0. The van der Waals surface area contributed by atoms with Crippen LogP contribution in [0.2, 0.25) is 5.02 Å². The Labute approximate surface area is 218 Å². The Morgan fingerprint density at radius 2 is 1.19 bits per heavy atom. The van der Waals surface area contributed by atoms with Crippen LogP contribution in [0.1, 0.15) is 11.7 Å². The fourth-order valence-electron chi connectivity index (χ4n) is 4.47. The third-order valence-corrected chi connectivity index (χ3v) is 6.64. The van der Waals surface area contributed by atoms with E-state index < -0.39 is 6.10 Å². The zero-order valence-corrected chi connectivity index (χ0v) is 20.4. The average molecular weight is 504 g/mol. The molecule has 5 aromatic carbocycles. The number of ether oxygens (including phenoxy) is 1. The molecule has 1 unspecified atom stereocenters. The van der Waals surface area contributed by atoms with Gasteiger partial charge in [-0.2, -0.15) is 10.2 Å². The third kappa shape index (κ3) is 4.39. The molecule has 1 heterocycles. The lowest BCUT2D eigenvalue weighted by Gasteiger charge is -2.13. The fraction of sp³-hybridized carbons (Fsp3) is 0.0333. The van der Waals surface area contributed by atoms with Crippen LogP contribution in [0.3, 0.4) is 0 Å². The Bertz CT molecular complexity index is 1700. The molecule has 0 radical (unpaired) electrons. The quantitative estimate of drug-likeness (QED) is 0.216. The number of anilines is 2. The summed E-state index contributed by atoms with van der Waals surface area (Å²) in [5.41, 5.74) is 9.44. The van der Waals surface area contributed by atoms with Crippen LogP contribution in [0, 0.1) is 5.41 Å². The van der Waals surface area contributed by atoms with E-state index in [1.54, 1.807) is 6.07 Å². The highest BCUT2D eigenvalue weighted by atomic mass is 35.5. The minimum absolute atomic E-state index is 0.0869. The van der Waals surface area contributed by atoms with E-state index in [0.717, 1.165) is 32.9 Å². The predicted molar refractivity (Wildman–Crippen MR) is 153 cm³/mol. The molecule has 5 aromatic rings. The molecule has 180 valence electrons. The van der Waals surface area contributed by atoms with E-state index >= 15 is 0 Å². The lowest BCUT2D eigenvalue weighted by molar-refractivity contribution is 0.275. The van der Waals surface area contributed by atoms with Gasteiger partial charge >= 0.3 is 0 Å². The van der Waals surface area contributed by atoms with Gasteiger partial charge in [0.25, 0.3) is 0 Å². The number of nitrogens with zero attached hydrogens (tertiary/aromatic N) is 2. The van der Waals surface area contributed by atoms with E-state index in [-0.39, 0.29) is 5.90 Å². The van der Waals surface area contributed by atoms with E-state index in [1.165, 1.54) is 0 Å². The van der Waals surface area contributed by atoms with Crippen LogP contribution in [-0.4, -0.2) is 17.3 Å². The van der Waals surface area contributed by atoms with Crippen LogP contribution in [0.25, 0.3) is 21.5 Å². The Morgan fingerprint density at radius 1 is 0.649 bits per heavy atom. The molecule has 0 aliphatic carbocycles. The Hall–Kier alpha value is -4.68. The van der Waals surface area contributed by atoms with Crippen LogP contribution in [-0.2, 0) is 4.74 Å². The highest BCUT2D eigenvalue weighted by Gasteiger charge is 2.38. The summed E-state index contributed by atoms with van der Waals surface area (Å²) in [5, 5.41) is 22.7. The standard InChI is InChI=1S/C30H22ClN5O/c31-24-16-6-5-15-23(24)29-27(35-33-25-17-7-11-19-9-1-3-13-21(19)25)28(30(32)37-29)36-34-26-18-8-12-20-10-2-4-14-22(20)26/h1-18,29,32-34H. The highest BCUT2D eigenvalue weighted by molar-refractivity contribution is 6.70. The third-order valence-electron chi connectivity index (χ3n) is 6.29. The van der Waals surface area contributed by atoms with Gasteiger partial charge in [0.15, 0.2) is 11.8 Å². The van der Waals surface area contributed by atoms with Crippen molar-refractivity contribution in [3.8, 4) is 0 Å².